The molecule has 0 spiro atoms. The van der Waals surface area contributed by atoms with Crippen molar-refractivity contribution in [1.82, 2.24) is 0 Å². The summed E-state index contributed by atoms with van der Waals surface area (Å²) in [6, 6.07) is 3.06. The van der Waals surface area contributed by atoms with Crippen LogP contribution in [0.2, 0.25) is 5.02 Å². The van der Waals surface area contributed by atoms with Gasteiger partial charge in [0, 0.05) is 3.57 Å². The van der Waals surface area contributed by atoms with Crippen LogP contribution in [0.1, 0.15) is 0 Å². The van der Waals surface area contributed by atoms with Crippen molar-refractivity contribution < 1.29 is 0 Å². The molecule has 0 fully saturated rings. The summed E-state index contributed by atoms with van der Waals surface area (Å²) in [5.74, 6) is 0. The number of nitrogens with zero attached hydrogens (tertiary/aromatic N) is 1. The molecule has 0 aliphatic carbocycles. The Balaban J connectivity index is 3.31. The minimum Gasteiger partial charge on any atom is -0.397 e. The summed E-state index contributed by atoms with van der Waals surface area (Å²) in [5.41, 5.74) is 5.96. The molecule has 0 saturated carbocycles. The molecule has 1 rings (SSSR count). The van der Waals surface area contributed by atoms with Crippen LogP contribution in [-0.4, -0.2) is 0 Å². The van der Waals surface area contributed by atoms with E-state index in [2.05, 4.69) is 5.18 Å². The molecule has 0 atom stereocenters. The molecule has 11 heavy (non-hydrogen) atoms. The van der Waals surface area contributed by atoms with E-state index in [4.69, 9.17) is 17.3 Å². The van der Waals surface area contributed by atoms with Crippen LogP contribution >= 0.6 is 34.2 Å². The molecule has 0 aliphatic heterocycles. The second-order valence-corrected chi connectivity index (χ2v) is 3.49. The Labute approximate surface area is 82.0 Å². The largest absolute Gasteiger partial charge is 0.397 e. The molecular formula is C6H4ClIN2O. The van der Waals surface area contributed by atoms with E-state index < -0.39 is 0 Å². The molecule has 1 aromatic rings. The third-order valence-electron chi connectivity index (χ3n) is 1.17. The average molecular weight is 282 g/mol. The van der Waals surface area contributed by atoms with Crippen molar-refractivity contribution in [2.45, 2.75) is 0 Å². The van der Waals surface area contributed by atoms with E-state index >= 15 is 0 Å². The molecular weight excluding hydrogens is 278 g/mol. The zero-order chi connectivity index (χ0) is 8.43. The molecule has 3 nitrogen and oxygen atoms in total. The lowest BCUT2D eigenvalue weighted by molar-refractivity contribution is 1.48. The summed E-state index contributed by atoms with van der Waals surface area (Å²) >= 11 is 7.72. The van der Waals surface area contributed by atoms with Gasteiger partial charge < -0.3 is 5.73 Å². The first-order chi connectivity index (χ1) is 5.15. The summed E-state index contributed by atoms with van der Waals surface area (Å²) in [5, 5.41) is 3.27. The lowest BCUT2D eigenvalue weighted by atomic mass is 10.3. The van der Waals surface area contributed by atoms with Crippen LogP contribution in [0.5, 0.6) is 0 Å². The molecule has 0 saturated heterocycles. The highest BCUT2D eigenvalue weighted by Crippen LogP contribution is 2.29. The molecule has 0 radical (unpaired) electrons. The molecule has 0 heterocycles. The summed E-state index contributed by atoms with van der Waals surface area (Å²) < 4.78 is 0.771. The van der Waals surface area contributed by atoms with Crippen LogP contribution in [0.4, 0.5) is 11.4 Å². The zero-order valence-electron chi connectivity index (χ0n) is 5.34. The second kappa shape index (κ2) is 3.36. The van der Waals surface area contributed by atoms with Crippen LogP contribution in [0.25, 0.3) is 0 Å². The Kier molecular flexibility index (Phi) is 2.67. The molecule has 58 valence electrons. The van der Waals surface area contributed by atoms with Crippen molar-refractivity contribution in [2.75, 3.05) is 5.73 Å². The molecule has 0 amide bonds. The van der Waals surface area contributed by atoms with Crippen molar-refractivity contribution in [3.05, 3.63) is 25.6 Å². The van der Waals surface area contributed by atoms with Gasteiger partial charge >= 0.3 is 0 Å². The molecule has 0 bridgehead atoms. The number of benzene rings is 1. The highest BCUT2D eigenvalue weighted by molar-refractivity contribution is 14.1. The maximum Gasteiger partial charge on any atom is 0.132 e. The first kappa shape index (κ1) is 8.73. The first-order valence-corrected chi connectivity index (χ1v) is 4.18. The summed E-state index contributed by atoms with van der Waals surface area (Å²) in [4.78, 5) is 10.1. The zero-order valence-corrected chi connectivity index (χ0v) is 8.26. The third-order valence-corrected chi connectivity index (χ3v) is 2.69. The van der Waals surface area contributed by atoms with Crippen molar-refractivity contribution in [1.29, 1.82) is 0 Å². The van der Waals surface area contributed by atoms with E-state index in [1.54, 1.807) is 6.07 Å². The number of nitrogens with two attached hydrogens (primary N) is 1. The minimum atomic E-state index is 0.235. The van der Waals surface area contributed by atoms with E-state index in [9.17, 15) is 4.91 Å². The summed E-state index contributed by atoms with van der Waals surface area (Å²) in [7, 11) is 0. The van der Waals surface area contributed by atoms with Gasteiger partial charge in [-0.2, -0.15) is 0 Å². The number of hydrogen-bond acceptors (Lipinski definition) is 3. The monoisotopic (exact) mass is 282 g/mol. The Morgan fingerprint density at radius 3 is 2.73 bits per heavy atom. The smallest absolute Gasteiger partial charge is 0.132 e. The van der Waals surface area contributed by atoms with Crippen LogP contribution < -0.4 is 5.73 Å². The highest BCUT2D eigenvalue weighted by Gasteiger charge is 2.03. The summed E-state index contributed by atoms with van der Waals surface area (Å²) in [6.07, 6.45) is 0. The predicted molar refractivity (Wildman–Crippen MR) is 54.0 cm³/mol. The lowest BCUT2D eigenvalue weighted by Crippen LogP contribution is -1.86. The van der Waals surface area contributed by atoms with Gasteiger partial charge in [0.25, 0.3) is 0 Å². The van der Waals surface area contributed by atoms with Gasteiger partial charge in [-0.1, -0.05) is 11.6 Å². The van der Waals surface area contributed by atoms with Crippen molar-refractivity contribution in [3.63, 3.8) is 0 Å². The minimum absolute atomic E-state index is 0.235. The predicted octanol–water partition coefficient (Wildman–Crippen LogP) is 2.92. The molecule has 2 N–H and O–H groups in total. The number of halogens is 2. The van der Waals surface area contributed by atoms with Gasteiger partial charge in [0.2, 0.25) is 0 Å². The fourth-order valence-corrected chi connectivity index (χ4v) is 1.25. The fourth-order valence-electron chi connectivity index (χ4n) is 0.631. The highest BCUT2D eigenvalue weighted by atomic mass is 127. The number of anilines is 1. The topological polar surface area (TPSA) is 55.4 Å². The quantitative estimate of drug-likeness (QED) is 0.489. The molecule has 5 heteroatoms. The number of nitroso groups, excluding NO2 is 1. The SMILES string of the molecule is Nc1cc(Cl)c(I)cc1N=O. The molecule has 1 aromatic carbocycles. The average Bonchev–Trinajstić information content (AvgIpc) is 1.97. The maximum atomic E-state index is 10.1. The Bertz CT molecular complexity index is 303. The van der Waals surface area contributed by atoms with Crippen LogP contribution in [0.15, 0.2) is 17.3 Å². The Hall–Kier alpha value is -0.360. The number of nitrogen functional groups attached to an aromatic ring is 1. The second-order valence-electron chi connectivity index (χ2n) is 1.92. The van der Waals surface area contributed by atoms with Crippen LogP contribution in [0.3, 0.4) is 0 Å². The fraction of sp³-hybridized carbons (Fsp3) is 0. The standard InChI is InChI=1S/C6H4ClIN2O/c7-3-1-5(9)6(10-11)2-4(3)8/h1-2H,9H2. The molecule has 0 aliphatic rings. The van der Waals surface area contributed by atoms with E-state index in [1.807, 2.05) is 22.6 Å². The Morgan fingerprint density at radius 1 is 1.55 bits per heavy atom. The van der Waals surface area contributed by atoms with Crippen LogP contribution in [0, 0.1) is 8.48 Å². The van der Waals surface area contributed by atoms with Gasteiger partial charge in [-0.3, -0.25) is 0 Å². The van der Waals surface area contributed by atoms with E-state index in [0.717, 1.165) is 3.57 Å². The van der Waals surface area contributed by atoms with Crippen molar-refractivity contribution in [3.8, 4) is 0 Å². The lowest BCUT2D eigenvalue weighted by Gasteiger charge is -1.99. The Morgan fingerprint density at radius 2 is 2.18 bits per heavy atom. The van der Waals surface area contributed by atoms with Crippen molar-refractivity contribution in [2.24, 2.45) is 5.18 Å². The van der Waals surface area contributed by atoms with Gasteiger partial charge in [-0.25, -0.2) is 0 Å². The maximum absolute atomic E-state index is 10.1. The number of rotatable bonds is 1. The van der Waals surface area contributed by atoms with Gasteiger partial charge in [0.05, 0.1) is 10.7 Å². The van der Waals surface area contributed by atoms with Crippen molar-refractivity contribution >= 4 is 45.6 Å². The van der Waals surface area contributed by atoms with E-state index in [1.165, 1.54) is 6.07 Å². The van der Waals surface area contributed by atoms with E-state index in [0.29, 0.717) is 10.7 Å². The molecule has 0 aromatic heterocycles. The van der Waals surface area contributed by atoms with Crippen LogP contribution in [-0.2, 0) is 0 Å². The normalized spacial score (nSPS) is 9.64. The first-order valence-electron chi connectivity index (χ1n) is 2.73. The van der Waals surface area contributed by atoms with E-state index in [-0.39, 0.29) is 5.69 Å². The summed E-state index contributed by atoms with van der Waals surface area (Å²) in [6.45, 7) is 0. The van der Waals surface area contributed by atoms with Gasteiger partial charge in [-0.05, 0) is 39.9 Å². The molecule has 0 unspecified atom stereocenters. The third kappa shape index (κ3) is 1.81. The van der Waals surface area contributed by atoms with Gasteiger partial charge in [0.15, 0.2) is 0 Å². The number of hydrogen-bond donors (Lipinski definition) is 1. The van der Waals surface area contributed by atoms with Gasteiger partial charge in [-0.15, -0.1) is 4.91 Å². The van der Waals surface area contributed by atoms with Gasteiger partial charge in [0.1, 0.15) is 5.69 Å².